The maximum atomic E-state index is 12.8. The fraction of sp³-hybridized carbons (Fsp3) is 0.278. The minimum atomic E-state index is -0.287. The zero-order valence-electron chi connectivity index (χ0n) is 13.6. The van der Waals surface area contributed by atoms with Gasteiger partial charge in [0.05, 0.1) is 13.0 Å². The summed E-state index contributed by atoms with van der Waals surface area (Å²) >= 11 is 0. The molecule has 0 aliphatic rings. The minimum absolute atomic E-state index is 0. The van der Waals surface area contributed by atoms with Gasteiger partial charge in [-0.15, -0.1) is 12.4 Å². The van der Waals surface area contributed by atoms with Gasteiger partial charge in [0.25, 0.3) is 0 Å². The van der Waals surface area contributed by atoms with E-state index in [0.717, 1.165) is 5.56 Å². The second-order valence-electron chi connectivity index (χ2n) is 5.39. The van der Waals surface area contributed by atoms with Crippen LogP contribution in [-0.2, 0) is 11.2 Å². The van der Waals surface area contributed by atoms with Crippen LogP contribution in [0.1, 0.15) is 12.0 Å². The van der Waals surface area contributed by atoms with Crippen molar-refractivity contribution in [3.8, 4) is 5.75 Å². The molecule has 2 N–H and O–H groups in total. The molecule has 0 radical (unpaired) electrons. The standard InChI is InChI=1S/C18H21FN2O2.ClH/c1-21(18(22)13-14-3-7-16(20)8-4-14)11-2-12-23-17-9-5-15(19)6-10-17;/h3-10H,2,11-13,20H2,1H3;1H. The molecule has 0 bridgehead atoms. The summed E-state index contributed by atoms with van der Waals surface area (Å²) < 4.78 is 18.3. The predicted octanol–water partition coefficient (Wildman–Crippen LogP) is 3.30. The van der Waals surface area contributed by atoms with Gasteiger partial charge in [-0.25, -0.2) is 4.39 Å². The van der Waals surface area contributed by atoms with Crippen LogP contribution in [0, 0.1) is 5.82 Å². The molecule has 0 aromatic heterocycles. The number of carbonyl (C=O) groups is 1. The van der Waals surface area contributed by atoms with Crippen molar-refractivity contribution >= 4 is 24.0 Å². The number of nitrogens with two attached hydrogens (primary N) is 1. The number of ether oxygens (including phenoxy) is 1. The van der Waals surface area contributed by atoms with Crippen LogP contribution in [0.3, 0.4) is 0 Å². The Labute approximate surface area is 147 Å². The summed E-state index contributed by atoms with van der Waals surface area (Å²) in [6.07, 6.45) is 1.07. The van der Waals surface area contributed by atoms with Crippen molar-refractivity contribution in [2.75, 3.05) is 25.9 Å². The number of hydrogen-bond donors (Lipinski definition) is 1. The predicted molar refractivity (Wildman–Crippen MR) is 96.0 cm³/mol. The largest absolute Gasteiger partial charge is 0.494 e. The van der Waals surface area contributed by atoms with Crippen LogP contribution in [0.2, 0.25) is 0 Å². The number of nitrogens with zero attached hydrogens (tertiary/aromatic N) is 1. The Morgan fingerprint density at radius 3 is 2.38 bits per heavy atom. The van der Waals surface area contributed by atoms with Crippen LogP contribution in [0.25, 0.3) is 0 Å². The average Bonchev–Trinajstić information content (AvgIpc) is 2.55. The maximum Gasteiger partial charge on any atom is 0.226 e. The minimum Gasteiger partial charge on any atom is -0.494 e. The van der Waals surface area contributed by atoms with Crippen LogP contribution in [0.15, 0.2) is 48.5 Å². The van der Waals surface area contributed by atoms with Gasteiger partial charge in [0.1, 0.15) is 11.6 Å². The maximum absolute atomic E-state index is 12.8. The molecule has 2 aromatic rings. The molecule has 130 valence electrons. The lowest BCUT2D eigenvalue weighted by Gasteiger charge is -2.17. The highest BCUT2D eigenvalue weighted by atomic mass is 35.5. The summed E-state index contributed by atoms with van der Waals surface area (Å²) in [5.41, 5.74) is 7.26. The van der Waals surface area contributed by atoms with Crippen LogP contribution in [0.4, 0.5) is 10.1 Å². The second kappa shape index (κ2) is 9.78. The van der Waals surface area contributed by atoms with Gasteiger partial charge in [0.2, 0.25) is 5.91 Å². The summed E-state index contributed by atoms with van der Waals surface area (Å²) in [6, 6.07) is 13.2. The molecule has 2 aromatic carbocycles. The molecular weight excluding hydrogens is 331 g/mol. The molecule has 0 aliphatic heterocycles. The van der Waals surface area contributed by atoms with Crippen molar-refractivity contribution in [3.63, 3.8) is 0 Å². The fourth-order valence-electron chi connectivity index (χ4n) is 2.09. The number of amides is 1. The molecule has 0 fully saturated rings. The Morgan fingerprint density at radius 2 is 1.75 bits per heavy atom. The van der Waals surface area contributed by atoms with Crippen molar-refractivity contribution in [2.45, 2.75) is 12.8 Å². The number of likely N-dealkylation sites (N-methyl/N-ethyl adjacent to an activating group) is 1. The third kappa shape index (κ3) is 6.46. The molecule has 2 rings (SSSR count). The Kier molecular flexibility index (Phi) is 8.06. The summed E-state index contributed by atoms with van der Waals surface area (Å²) in [4.78, 5) is 13.8. The van der Waals surface area contributed by atoms with E-state index in [1.165, 1.54) is 12.1 Å². The average molecular weight is 353 g/mol. The first kappa shape index (κ1) is 19.8. The first-order valence-electron chi connectivity index (χ1n) is 7.51. The van der Waals surface area contributed by atoms with Gasteiger partial charge in [-0.1, -0.05) is 12.1 Å². The number of carbonyl (C=O) groups excluding carboxylic acids is 1. The molecule has 0 atom stereocenters. The van der Waals surface area contributed by atoms with Crippen molar-refractivity contribution in [1.29, 1.82) is 0 Å². The Bertz CT molecular complexity index is 632. The van der Waals surface area contributed by atoms with Crippen LogP contribution in [0.5, 0.6) is 5.75 Å². The van der Waals surface area contributed by atoms with Crippen molar-refractivity contribution in [2.24, 2.45) is 0 Å². The van der Waals surface area contributed by atoms with Crippen molar-refractivity contribution in [3.05, 3.63) is 59.9 Å². The van der Waals surface area contributed by atoms with Crippen molar-refractivity contribution in [1.82, 2.24) is 4.90 Å². The van der Waals surface area contributed by atoms with Gasteiger partial charge in [-0.3, -0.25) is 4.79 Å². The smallest absolute Gasteiger partial charge is 0.226 e. The van der Waals surface area contributed by atoms with E-state index in [0.29, 0.717) is 37.4 Å². The SMILES string of the molecule is CN(CCCOc1ccc(F)cc1)C(=O)Cc1ccc(N)cc1.Cl. The van der Waals surface area contributed by atoms with Crippen LogP contribution < -0.4 is 10.5 Å². The lowest BCUT2D eigenvalue weighted by molar-refractivity contribution is -0.129. The van der Waals surface area contributed by atoms with Gasteiger partial charge in [0.15, 0.2) is 0 Å². The Balaban J connectivity index is 0.00000288. The van der Waals surface area contributed by atoms with Gasteiger partial charge in [0, 0.05) is 19.3 Å². The van der Waals surface area contributed by atoms with Gasteiger partial charge in [-0.2, -0.15) is 0 Å². The highest BCUT2D eigenvalue weighted by Gasteiger charge is 2.09. The monoisotopic (exact) mass is 352 g/mol. The molecule has 0 spiro atoms. The quantitative estimate of drug-likeness (QED) is 0.614. The fourth-order valence-corrected chi connectivity index (χ4v) is 2.09. The molecule has 0 saturated carbocycles. The lowest BCUT2D eigenvalue weighted by Crippen LogP contribution is -2.30. The number of anilines is 1. The van der Waals surface area contributed by atoms with E-state index in [4.69, 9.17) is 10.5 Å². The molecule has 6 heteroatoms. The van der Waals surface area contributed by atoms with E-state index in [-0.39, 0.29) is 24.1 Å². The van der Waals surface area contributed by atoms with E-state index in [2.05, 4.69) is 0 Å². The lowest BCUT2D eigenvalue weighted by atomic mass is 10.1. The number of hydrogen-bond acceptors (Lipinski definition) is 3. The van der Waals surface area contributed by atoms with E-state index in [9.17, 15) is 9.18 Å². The molecule has 0 saturated heterocycles. The number of rotatable bonds is 7. The van der Waals surface area contributed by atoms with Crippen LogP contribution in [-0.4, -0.2) is 31.0 Å². The third-order valence-electron chi connectivity index (χ3n) is 3.48. The summed E-state index contributed by atoms with van der Waals surface area (Å²) in [5.74, 6) is 0.393. The summed E-state index contributed by atoms with van der Waals surface area (Å²) in [7, 11) is 1.78. The van der Waals surface area contributed by atoms with E-state index >= 15 is 0 Å². The first-order valence-corrected chi connectivity index (χ1v) is 7.51. The van der Waals surface area contributed by atoms with E-state index < -0.39 is 0 Å². The summed E-state index contributed by atoms with van der Waals surface area (Å²) in [6.45, 7) is 1.08. The molecule has 1 amide bonds. The molecular formula is C18H22ClFN2O2. The van der Waals surface area contributed by atoms with Gasteiger partial charge < -0.3 is 15.4 Å². The van der Waals surface area contributed by atoms with Gasteiger partial charge >= 0.3 is 0 Å². The molecule has 4 nitrogen and oxygen atoms in total. The second-order valence-corrected chi connectivity index (χ2v) is 5.39. The highest BCUT2D eigenvalue weighted by Crippen LogP contribution is 2.11. The number of nitrogen functional groups attached to an aromatic ring is 1. The topological polar surface area (TPSA) is 55.6 Å². The van der Waals surface area contributed by atoms with E-state index in [1.54, 1.807) is 36.2 Å². The molecule has 0 unspecified atom stereocenters. The molecule has 24 heavy (non-hydrogen) atoms. The number of halogens is 2. The van der Waals surface area contributed by atoms with E-state index in [1.807, 2.05) is 12.1 Å². The zero-order chi connectivity index (χ0) is 16.7. The third-order valence-corrected chi connectivity index (χ3v) is 3.48. The van der Waals surface area contributed by atoms with Crippen molar-refractivity contribution < 1.29 is 13.9 Å². The zero-order valence-corrected chi connectivity index (χ0v) is 14.4. The highest BCUT2D eigenvalue weighted by molar-refractivity contribution is 5.85. The first-order chi connectivity index (χ1) is 11.0. The Hall–Kier alpha value is -2.27. The molecule has 0 heterocycles. The Morgan fingerprint density at radius 1 is 1.12 bits per heavy atom. The normalized spacial score (nSPS) is 9.92. The van der Waals surface area contributed by atoms with Crippen LogP contribution >= 0.6 is 12.4 Å². The van der Waals surface area contributed by atoms with Gasteiger partial charge in [-0.05, 0) is 48.4 Å². The summed E-state index contributed by atoms with van der Waals surface area (Å²) in [5, 5.41) is 0. The molecule has 0 aliphatic carbocycles. The number of benzene rings is 2.